The lowest BCUT2D eigenvalue weighted by Crippen LogP contribution is -2.60. The largest absolute Gasteiger partial charge is 0.458 e. The number of imidazole rings is 1. The number of aryl methyl sites for hydroxylation is 1. The molecule has 4 saturated heterocycles. The maximum atomic E-state index is 14.9. The summed E-state index contributed by atoms with van der Waals surface area (Å²) in [5, 5.41) is 20.9. The van der Waals surface area contributed by atoms with Gasteiger partial charge in [-0.15, -0.1) is 5.10 Å². The molecule has 392 valence electrons. The molecule has 0 bridgehead atoms. The van der Waals surface area contributed by atoms with E-state index in [1.165, 1.54) is 26.9 Å². The lowest BCUT2D eigenvalue weighted by atomic mass is 9.73. The van der Waals surface area contributed by atoms with Crippen LogP contribution in [0.2, 0.25) is 0 Å². The van der Waals surface area contributed by atoms with Crippen LogP contribution in [0.1, 0.15) is 106 Å². The minimum atomic E-state index is -1.42. The molecule has 13 atom stereocenters. The average Bonchev–Trinajstić information content (AvgIpc) is 4.20. The Kier molecular flexibility index (Phi) is 17.9. The third kappa shape index (κ3) is 12.2. The van der Waals surface area contributed by atoms with Gasteiger partial charge in [0.2, 0.25) is 0 Å². The number of aliphatic hydroxyl groups excluding tert-OH is 1. The SMILES string of the molecule is CC[C@H]1OC(=O)[C@H](C)C(=O)[C@H](C)[C@@H](O[C@@H]2O[C@H](C)C[C@H](N(C)CCc3cn(CCN4CCCC4)nn3)[C@H]2O)[C@](C)(OC)C[C@@H](C)C(=O)[C@H](C)[C@H]2N(CCCCn3cnc(-c4cccnc4)c3)C(=O)O[C@]12C. The molecular formula is C52H79N9O10. The molecular weight excluding hydrogens is 911 g/mol. The number of aliphatic hydroxyl groups is 1. The number of carbonyl (C=O) groups excluding carboxylic acids is 4. The van der Waals surface area contributed by atoms with E-state index in [9.17, 15) is 24.3 Å². The second kappa shape index (κ2) is 23.5. The van der Waals surface area contributed by atoms with E-state index in [4.69, 9.17) is 23.7 Å². The molecule has 0 radical (unpaired) electrons. The number of nitrogens with zero attached hydrogens (tertiary/aromatic N) is 9. The number of methoxy groups -OCH3 is 1. The number of rotatable bonds is 17. The van der Waals surface area contributed by atoms with Crippen LogP contribution in [0.3, 0.4) is 0 Å². The monoisotopic (exact) mass is 990 g/mol. The number of hydrogen-bond acceptors (Lipinski definition) is 16. The van der Waals surface area contributed by atoms with Crippen molar-refractivity contribution in [2.75, 3.05) is 46.9 Å². The van der Waals surface area contributed by atoms with E-state index >= 15 is 0 Å². The minimum Gasteiger partial charge on any atom is -0.458 e. The van der Waals surface area contributed by atoms with Crippen molar-refractivity contribution in [2.45, 2.75) is 174 Å². The Hall–Kier alpha value is -4.66. The Morgan fingerprint density at radius 3 is 2.41 bits per heavy atom. The van der Waals surface area contributed by atoms with Crippen LogP contribution >= 0.6 is 0 Å². The summed E-state index contributed by atoms with van der Waals surface area (Å²) in [5.41, 5.74) is -0.150. The maximum Gasteiger partial charge on any atom is 0.410 e. The molecule has 4 aliphatic heterocycles. The molecule has 0 unspecified atom stereocenters. The van der Waals surface area contributed by atoms with Gasteiger partial charge < -0.3 is 48.1 Å². The fourth-order valence-corrected chi connectivity index (χ4v) is 11.6. The second-order valence-corrected chi connectivity index (χ2v) is 21.1. The van der Waals surface area contributed by atoms with Crippen LogP contribution in [-0.2, 0) is 57.6 Å². The van der Waals surface area contributed by atoms with Crippen molar-refractivity contribution in [3.8, 4) is 11.3 Å². The molecule has 7 heterocycles. The van der Waals surface area contributed by atoms with Gasteiger partial charge >= 0.3 is 12.1 Å². The van der Waals surface area contributed by atoms with Crippen LogP contribution in [0.4, 0.5) is 4.79 Å². The number of likely N-dealkylation sites (N-methyl/N-ethyl adjacent to an activating group) is 1. The van der Waals surface area contributed by atoms with Gasteiger partial charge in [-0.1, -0.05) is 32.9 Å². The molecule has 0 aromatic carbocycles. The Bertz CT molecular complexity index is 2260. The number of ether oxygens (including phenoxy) is 5. The quantitative estimate of drug-likeness (QED) is 0.104. The van der Waals surface area contributed by atoms with Gasteiger partial charge in [0.25, 0.3) is 0 Å². The lowest BCUT2D eigenvalue weighted by Gasteiger charge is -2.47. The molecule has 4 aliphatic rings. The van der Waals surface area contributed by atoms with Crippen LogP contribution in [0.15, 0.2) is 43.2 Å². The number of Topliss-reactive ketones (excluding diaryl/α,β-unsaturated/α-hetero) is 2. The molecule has 0 spiro atoms. The van der Waals surface area contributed by atoms with Gasteiger partial charge in [-0.25, -0.2) is 9.78 Å². The summed E-state index contributed by atoms with van der Waals surface area (Å²) < 4.78 is 35.8. The van der Waals surface area contributed by atoms with Crippen molar-refractivity contribution in [3.05, 3.63) is 48.9 Å². The Morgan fingerprint density at radius 2 is 1.70 bits per heavy atom. The number of unbranched alkanes of at least 4 members (excludes halogenated alkanes) is 1. The highest BCUT2D eigenvalue weighted by Crippen LogP contribution is 2.43. The first-order chi connectivity index (χ1) is 33.9. The number of aromatic nitrogens is 6. The highest BCUT2D eigenvalue weighted by Gasteiger charge is 2.60. The lowest BCUT2D eigenvalue weighted by molar-refractivity contribution is -0.296. The fourth-order valence-electron chi connectivity index (χ4n) is 11.6. The van der Waals surface area contributed by atoms with E-state index in [-0.39, 0.29) is 37.3 Å². The highest BCUT2D eigenvalue weighted by molar-refractivity contribution is 6.00. The third-order valence-electron chi connectivity index (χ3n) is 15.9. The number of carbonyl (C=O) groups is 4. The average molecular weight is 990 g/mol. The van der Waals surface area contributed by atoms with E-state index in [0.29, 0.717) is 38.8 Å². The van der Waals surface area contributed by atoms with Gasteiger partial charge in [0.1, 0.15) is 23.9 Å². The number of pyridine rings is 1. The van der Waals surface area contributed by atoms with Gasteiger partial charge in [0.05, 0.1) is 48.1 Å². The molecule has 71 heavy (non-hydrogen) atoms. The van der Waals surface area contributed by atoms with Crippen LogP contribution in [-0.4, -0.2) is 174 Å². The number of cyclic esters (lactones) is 1. The number of amides is 1. The summed E-state index contributed by atoms with van der Waals surface area (Å²) in [6, 6.07) is 2.63. The molecule has 7 rings (SSSR count). The Balaban J connectivity index is 1.08. The van der Waals surface area contributed by atoms with Crippen LogP contribution in [0, 0.1) is 23.7 Å². The molecule has 0 aliphatic carbocycles. The standard InChI is InChI=1S/C52H79N9O10/c1-11-42-52(8)46(61(50(66)71-52)23-15-14-22-59-31-40(54-32-59)38-17-16-19-53-29-38)35(4)43(62)33(2)28-51(7,67-10)47(36(5)44(63)37(6)48(65)69-42)70-49-45(64)41(27-34(3)68-49)57(9)24-18-39-30-60(56-55-39)26-25-58-20-12-13-21-58/h16-17,19,29-37,41-42,45-47,49,64H,11-15,18,20-28H2,1-10H3/t33-,34-,35+,36+,37-,41+,42-,45-,46-,47-,49+,51-,52-/m1/s1. The van der Waals surface area contributed by atoms with Crippen molar-refractivity contribution in [3.63, 3.8) is 0 Å². The molecule has 1 N–H and O–H groups in total. The highest BCUT2D eigenvalue weighted by atomic mass is 16.7. The van der Waals surface area contributed by atoms with E-state index in [2.05, 4.69) is 30.1 Å². The van der Waals surface area contributed by atoms with Crippen molar-refractivity contribution in [2.24, 2.45) is 23.7 Å². The smallest absolute Gasteiger partial charge is 0.410 e. The van der Waals surface area contributed by atoms with E-state index in [1.807, 2.05) is 61.6 Å². The van der Waals surface area contributed by atoms with E-state index in [1.54, 1.807) is 51.3 Å². The summed E-state index contributed by atoms with van der Waals surface area (Å²) in [7, 11) is 3.46. The van der Waals surface area contributed by atoms with Crippen molar-refractivity contribution in [1.29, 1.82) is 0 Å². The normalized spacial score (nSPS) is 33.6. The van der Waals surface area contributed by atoms with Crippen molar-refractivity contribution < 1.29 is 48.0 Å². The number of ketones is 2. The number of esters is 1. The zero-order valence-corrected chi connectivity index (χ0v) is 43.6. The van der Waals surface area contributed by atoms with Crippen molar-refractivity contribution >= 4 is 23.6 Å². The van der Waals surface area contributed by atoms with Gasteiger partial charge in [0.15, 0.2) is 17.7 Å². The van der Waals surface area contributed by atoms with Crippen LogP contribution in [0.5, 0.6) is 0 Å². The Morgan fingerprint density at radius 1 is 0.958 bits per heavy atom. The first-order valence-electron chi connectivity index (χ1n) is 25.9. The molecule has 3 aromatic heterocycles. The topological polar surface area (TPSA) is 206 Å². The predicted octanol–water partition coefficient (Wildman–Crippen LogP) is 5.23. The minimum absolute atomic E-state index is 0.107. The first-order valence-corrected chi connectivity index (χ1v) is 25.9. The number of fused-ring (bicyclic) bond motifs is 1. The van der Waals surface area contributed by atoms with Crippen LogP contribution in [0.25, 0.3) is 11.3 Å². The van der Waals surface area contributed by atoms with Gasteiger partial charge in [-0.3, -0.25) is 24.0 Å². The van der Waals surface area contributed by atoms with Crippen LogP contribution < -0.4 is 0 Å². The summed E-state index contributed by atoms with van der Waals surface area (Å²) in [4.78, 5) is 72.6. The van der Waals surface area contributed by atoms with Gasteiger partial charge in [0, 0.05) is 93.9 Å². The summed E-state index contributed by atoms with van der Waals surface area (Å²) in [6.07, 6.45) is 9.16. The number of hydrogen-bond donors (Lipinski definition) is 1. The Labute approximate surface area is 419 Å². The summed E-state index contributed by atoms with van der Waals surface area (Å²) in [5.74, 6) is -5.10. The molecule has 4 fully saturated rings. The van der Waals surface area contributed by atoms with Gasteiger partial charge in [-0.2, -0.15) is 0 Å². The molecule has 1 amide bonds. The second-order valence-electron chi connectivity index (χ2n) is 21.1. The van der Waals surface area contributed by atoms with Gasteiger partial charge in [-0.05, 0) is 105 Å². The zero-order valence-electron chi connectivity index (χ0n) is 43.6. The number of likely N-dealkylation sites (tertiary alicyclic amines) is 1. The molecule has 19 heteroatoms. The first kappa shape index (κ1) is 54.1. The molecule has 19 nitrogen and oxygen atoms in total. The van der Waals surface area contributed by atoms with E-state index < -0.39 is 83.4 Å². The van der Waals surface area contributed by atoms with E-state index in [0.717, 1.165) is 43.1 Å². The summed E-state index contributed by atoms with van der Waals surface area (Å²) >= 11 is 0. The van der Waals surface area contributed by atoms with Crippen molar-refractivity contribution in [1.82, 2.24) is 44.2 Å². The third-order valence-corrected chi connectivity index (χ3v) is 15.9. The summed E-state index contributed by atoms with van der Waals surface area (Å²) in [6.45, 7) is 19.6. The molecule has 0 saturated carbocycles. The maximum absolute atomic E-state index is 14.9. The fraction of sp³-hybridized carbons (Fsp3) is 0.731. The zero-order chi connectivity index (χ0) is 51.2. The molecule has 3 aromatic rings. The predicted molar refractivity (Wildman–Crippen MR) is 263 cm³/mol.